The molecule has 0 fully saturated rings. The lowest BCUT2D eigenvalue weighted by molar-refractivity contribution is -0.663. The lowest BCUT2D eigenvalue weighted by Crippen LogP contribution is -3.00. The van der Waals surface area contributed by atoms with E-state index in [2.05, 4.69) is 42.7 Å². The van der Waals surface area contributed by atoms with Crippen molar-refractivity contribution < 1.29 is 31.1 Å². The molecule has 1 heterocycles. The van der Waals surface area contributed by atoms with Crippen LogP contribution in [0.3, 0.4) is 0 Å². The number of fused-ring (bicyclic) bond motifs is 1. The second-order valence-corrected chi connectivity index (χ2v) is 6.09. The van der Waals surface area contributed by atoms with Crippen molar-refractivity contribution in [1.29, 1.82) is 0 Å². The molecule has 5 heteroatoms. The van der Waals surface area contributed by atoms with E-state index in [0.717, 1.165) is 17.6 Å². The van der Waals surface area contributed by atoms with E-state index in [4.69, 9.17) is 4.74 Å². The van der Waals surface area contributed by atoms with E-state index >= 15 is 0 Å². The lowest BCUT2D eigenvalue weighted by atomic mass is 10.1. The van der Waals surface area contributed by atoms with Crippen LogP contribution < -0.4 is 21.5 Å². The maximum atomic E-state index is 11.9. The smallest absolute Gasteiger partial charge is 0.348 e. The van der Waals surface area contributed by atoms with Crippen molar-refractivity contribution in [1.82, 2.24) is 4.57 Å². The first kappa shape index (κ1) is 19.2. The number of carbonyl (C=O) groups is 1. The Morgan fingerprint density at radius 3 is 2.48 bits per heavy atom. The van der Waals surface area contributed by atoms with Gasteiger partial charge in [0.2, 0.25) is 6.33 Å². The van der Waals surface area contributed by atoms with Crippen molar-refractivity contribution in [3.8, 4) is 0 Å². The molecule has 0 aliphatic heterocycles. The molecule has 0 saturated carbocycles. The molecule has 0 atom stereocenters. The summed E-state index contributed by atoms with van der Waals surface area (Å²) >= 11 is 0. The molecular weight excluding hydrogens is 380 g/mol. The van der Waals surface area contributed by atoms with E-state index in [9.17, 15) is 4.79 Å². The van der Waals surface area contributed by atoms with Crippen molar-refractivity contribution >= 4 is 17.0 Å². The average molecular weight is 403 g/mol. The Hall–Kier alpha value is -2.14. The highest BCUT2D eigenvalue weighted by Crippen LogP contribution is 2.18. The Bertz CT molecular complexity index is 872. The quantitative estimate of drug-likeness (QED) is 0.450. The molecule has 3 aromatic rings. The highest BCUT2D eigenvalue weighted by atomic mass is 79.9. The van der Waals surface area contributed by atoms with Gasteiger partial charge in [0.15, 0.2) is 17.6 Å². The van der Waals surface area contributed by atoms with E-state index in [1.54, 1.807) is 0 Å². The lowest BCUT2D eigenvalue weighted by Gasteiger charge is -2.01. The summed E-state index contributed by atoms with van der Waals surface area (Å²) in [6.45, 7) is 7.45. The van der Waals surface area contributed by atoms with E-state index in [1.807, 2.05) is 36.0 Å². The first-order valence-electron chi connectivity index (χ1n) is 8.27. The summed E-state index contributed by atoms with van der Waals surface area (Å²) < 4.78 is 9.27. The van der Waals surface area contributed by atoms with Crippen molar-refractivity contribution in [3.05, 3.63) is 65.5 Å². The second kappa shape index (κ2) is 8.30. The number of aromatic nitrogens is 2. The van der Waals surface area contributed by atoms with Gasteiger partial charge >= 0.3 is 5.97 Å². The number of rotatable bonds is 5. The minimum atomic E-state index is -0.209. The number of aryl methyl sites for hydroxylation is 2. The minimum Gasteiger partial charge on any atom is -1.00 e. The van der Waals surface area contributed by atoms with E-state index in [0.29, 0.717) is 6.61 Å². The summed E-state index contributed by atoms with van der Waals surface area (Å²) in [5, 5.41) is 0. The molecule has 0 aliphatic carbocycles. The van der Waals surface area contributed by atoms with Crippen LogP contribution in [0.15, 0.2) is 48.8 Å². The van der Waals surface area contributed by atoms with Gasteiger partial charge in [0.1, 0.15) is 6.54 Å². The van der Waals surface area contributed by atoms with Gasteiger partial charge in [0.25, 0.3) is 0 Å². The number of hydrogen-bond acceptors (Lipinski definition) is 2. The van der Waals surface area contributed by atoms with Gasteiger partial charge in [-0.2, -0.15) is 0 Å². The molecule has 132 valence electrons. The maximum absolute atomic E-state index is 11.9. The number of ether oxygens (including phenoxy) is 1. The number of benzene rings is 2. The third-order valence-corrected chi connectivity index (χ3v) is 4.29. The predicted molar refractivity (Wildman–Crippen MR) is 93.8 cm³/mol. The Balaban J connectivity index is 0.00000225. The zero-order valence-electron chi connectivity index (χ0n) is 14.8. The molecule has 1 aromatic heterocycles. The van der Waals surface area contributed by atoms with Crippen LogP contribution in [0.4, 0.5) is 0 Å². The van der Waals surface area contributed by atoms with E-state index in [-0.39, 0.29) is 29.5 Å². The molecule has 25 heavy (non-hydrogen) atoms. The zero-order valence-corrected chi connectivity index (χ0v) is 16.4. The second-order valence-electron chi connectivity index (χ2n) is 6.09. The molecule has 0 N–H and O–H groups in total. The van der Waals surface area contributed by atoms with Crippen molar-refractivity contribution in [2.75, 3.05) is 6.61 Å². The van der Waals surface area contributed by atoms with Crippen LogP contribution in [0.25, 0.3) is 11.0 Å². The fourth-order valence-corrected chi connectivity index (χ4v) is 2.92. The fourth-order valence-electron chi connectivity index (χ4n) is 2.92. The van der Waals surface area contributed by atoms with Gasteiger partial charge in [-0.1, -0.05) is 30.3 Å². The standard InChI is InChI=1S/C20H23N2O2.BrH/c1-4-24-20(23)13-22-14-21(12-17-8-6-5-7-9-17)18-10-15(2)16(3)11-19(18)22;/h5-11,14H,4,12-13H2,1-3H3;1H/q+1;/p-1. The Morgan fingerprint density at radius 1 is 1.12 bits per heavy atom. The molecule has 0 aliphatic rings. The highest BCUT2D eigenvalue weighted by Gasteiger charge is 2.19. The van der Waals surface area contributed by atoms with Crippen LogP contribution in [0.2, 0.25) is 0 Å². The van der Waals surface area contributed by atoms with Crippen LogP contribution in [-0.4, -0.2) is 17.1 Å². The number of imidazole rings is 1. The molecular formula is C20H23BrN2O2. The van der Waals surface area contributed by atoms with Crippen LogP contribution in [-0.2, 0) is 22.6 Å². The number of carbonyl (C=O) groups excluding carboxylic acids is 1. The van der Waals surface area contributed by atoms with Gasteiger partial charge in [0.05, 0.1) is 6.61 Å². The van der Waals surface area contributed by atoms with Crippen LogP contribution in [0.5, 0.6) is 0 Å². The summed E-state index contributed by atoms with van der Waals surface area (Å²) in [6.07, 6.45) is 2.01. The molecule has 0 spiro atoms. The third kappa shape index (κ3) is 4.28. The average Bonchev–Trinajstić information content (AvgIpc) is 2.86. The SMILES string of the molecule is CCOC(=O)Cn1c[n+](Cc2ccccc2)c2cc(C)c(C)cc21.[Br-]. The maximum Gasteiger partial charge on any atom is 0.348 e. The topological polar surface area (TPSA) is 35.1 Å². The molecule has 0 radical (unpaired) electrons. The molecule has 0 bridgehead atoms. The summed E-state index contributed by atoms with van der Waals surface area (Å²) in [5.41, 5.74) is 5.89. The molecule has 4 nitrogen and oxygen atoms in total. The molecule has 0 unspecified atom stereocenters. The minimum absolute atomic E-state index is 0. The van der Waals surface area contributed by atoms with Crippen LogP contribution in [0, 0.1) is 13.8 Å². The number of nitrogens with zero attached hydrogens (tertiary/aromatic N) is 2. The fraction of sp³-hybridized carbons (Fsp3) is 0.300. The number of halogens is 1. The van der Waals surface area contributed by atoms with Gasteiger partial charge < -0.3 is 21.7 Å². The Kier molecular flexibility index (Phi) is 6.37. The summed E-state index contributed by atoms with van der Waals surface area (Å²) in [7, 11) is 0. The normalized spacial score (nSPS) is 10.5. The summed E-state index contributed by atoms with van der Waals surface area (Å²) in [6, 6.07) is 14.7. The third-order valence-electron chi connectivity index (χ3n) is 4.29. The molecule has 0 amide bonds. The number of esters is 1. The van der Waals surface area contributed by atoms with Gasteiger partial charge in [-0.05, 0) is 49.6 Å². The van der Waals surface area contributed by atoms with Crippen molar-refractivity contribution in [2.24, 2.45) is 0 Å². The zero-order chi connectivity index (χ0) is 17.1. The Labute approximate surface area is 158 Å². The van der Waals surface area contributed by atoms with Gasteiger partial charge in [0, 0.05) is 0 Å². The molecule has 3 rings (SSSR count). The predicted octanol–water partition coefficient (Wildman–Crippen LogP) is 0.161. The van der Waals surface area contributed by atoms with Gasteiger partial charge in [-0.15, -0.1) is 0 Å². The monoisotopic (exact) mass is 402 g/mol. The highest BCUT2D eigenvalue weighted by molar-refractivity contribution is 5.77. The van der Waals surface area contributed by atoms with Crippen molar-refractivity contribution in [2.45, 2.75) is 33.9 Å². The van der Waals surface area contributed by atoms with Crippen molar-refractivity contribution in [3.63, 3.8) is 0 Å². The summed E-state index contributed by atoms with van der Waals surface area (Å²) in [5.74, 6) is -0.209. The first-order valence-corrected chi connectivity index (χ1v) is 8.27. The van der Waals surface area contributed by atoms with Gasteiger partial charge in [-0.25, -0.2) is 13.9 Å². The molecule has 2 aromatic carbocycles. The number of hydrogen-bond donors (Lipinski definition) is 0. The van der Waals surface area contributed by atoms with Gasteiger partial charge in [-0.3, -0.25) is 0 Å². The van der Waals surface area contributed by atoms with Crippen LogP contribution >= 0.6 is 0 Å². The van der Waals surface area contributed by atoms with E-state index < -0.39 is 0 Å². The Morgan fingerprint density at radius 2 is 1.80 bits per heavy atom. The van der Waals surface area contributed by atoms with Crippen LogP contribution in [0.1, 0.15) is 23.6 Å². The largest absolute Gasteiger partial charge is 1.00 e. The first-order chi connectivity index (χ1) is 11.6. The molecule has 0 saturated heterocycles. The summed E-state index contributed by atoms with van der Waals surface area (Å²) in [4.78, 5) is 11.9. The van der Waals surface area contributed by atoms with E-state index in [1.165, 1.54) is 16.7 Å².